The lowest BCUT2D eigenvalue weighted by molar-refractivity contribution is 0.212. The van der Waals surface area contributed by atoms with E-state index in [4.69, 9.17) is 0 Å². The Kier molecular flexibility index (Phi) is 6.25. The largest absolute Gasteiger partial charge is 0.382 e. The van der Waals surface area contributed by atoms with Crippen molar-refractivity contribution in [2.75, 3.05) is 31.1 Å². The van der Waals surface area contributed by atoms with Crippen molar-refractivity contribution in [3.63, 3.8) is 0 Å². The lowest BCUT2D eigenvalue weighted by Gasteiger charge is -2.37. The Morgan fingerprint density at radius 3 is 2.45 bits per heavy atom. The van der Waals surface area contributed by atoms with Gasteiger partial charge in [0.1, 0.15) is 23.6 Å². The molecule has 0 saturated carbocycles. The Bertz CT molecular complexity index is 1070. The standard InChI is InChI=1S/C24H24F3N3O/c1-16-4-3-9-28-22(16)24(31)19-5-2-6-20(26)23(19)30-12-10-29(11-13-30)15-17-7-8-18(25)14-21(17)27/h2-9,14,24,31H,10-13,15H2,1H3/t24-/m0/s1. The molecule has 1 fully saturated rings. The zero-order valence-corrected chi connectivity index (χ0v) is 17.2. The topological polar surface area (TPSA) is 39.6 Å². The first-order valence-corrected chi connectivity index (χ1v) is 10.2. The number of pyridine rings is 1. The molecule has 0 radical (unpaired) electrons. The highest BCUT2D eigenvalue weighted by atomic mass is 19.1. The van der Waals surface area contributed by atoms with Crippen LogP contribution >= 0.6 is 0 Å². The van der Waals surface area contributed by atoms with Gasteiger partial charge in [-0.1, -0.05) is 24.3 Å². The van der Waals surface area contributed by atoms with Crippen molar-refractivity contribution >= 4 is 5.69 Å². The van der Waals surface area contributed by atoms with Crippen molar-refractivity contribution in [3.05, 3.63) is 94.6 Å². The van der Waals surface area contributed by atoms with Gasteiger partial charge in [0.05, 0.1) is 11.4 Å². The molecule has 0 unspecified atom stereocenters. The van der Waals surface area contributed by atoms with Crippen molar-refractivity contribution < 1.29 is 18.3 Å². The van der Waals surface area contributed by atoms with E-state index in [1.807, 2.05) is 22.8 Å². The molecular formula is C24H24F3N3O. The molecule has 4 nitrogen and oxygen atoms in total. The summed E-state index contributed by atoms with van der Waals surface area (Å²) in [6.45, 7) is 4.43. The fourth-order valence-electron chi connectivity index (χ4n) is 4.04. The Morgan fingerprint density at radius 1 is 0.968 bits per heavy atom. The molecule has 0 aliphatic carbocycles. The van der Waals surface area contributed by atoms with Crippen molar-refractivity contribution in [2.24, 2.45) is 0 Å². The molecule has 1 N–H and O–H groups in total. The van der Waals surface area contributed by atoms with E-state index in [1.165, 1.54) is 18.2 Å². The van der Waals surface area contributed by atoms with E-state index in [1.54, 1.807) is 24.4 Å². The van der Waals surface area contributed by atoms with E-state index in [9.17, 15) is 18.3 Å². The molecule has 0 spiro atoms. The normalized spacial score (nSPS) is 15.8. The van der Waals surface area contributed by atoms with Gasteiger partial charge in [0.2, 0.25) is 0 Å². The van der Waals surface area contributed by atoms with E-state index in [0.717, 1.165) is 11.6 Å². The monoisotopic (exact) mass is 427 g/mol. The summed E-state index contributed by atoms with van der Waals surface area (Å²) in [5.41, 5.74) is 2.60. The molecule has 3 aromatic rings. The molecule has 1 aliphatic rings. The summed E-state index contributed by atoms with van der Waals surface area (Å²) in [6.07, 6.45) is 0.566. The van der Waals surface area contributed by atoms with E-state index in [-0.39, 0.29) is 0 Å². The number of hydrogen-bond acceptors (Lipinski definition) is 4. The van der Waals surface area contributed by atoms with Gasteiger partial charge >= 0.3 is 0 Å². The first-order valence-electron chi connectivity index (χ1n) is 10.2. The number of para-hydroxylation sites is 1. The molecule has 162 valence electrons. The maximum Gasteiger partial charge on any atom is 0.146 e. The number of benzene rings is 2. The molecule has 7 heteroatoms. The maximum absolute atomic E-state index is 14.9. The van der Waals surface area contributed by atoms with Crippen molar-refractivity contribution in [2.45, 2.75) is 19.6 Å². The quantitative estimate of drug-likeness (QED) is 0.662. The van der Waals surface area contributed by atoms with Crippen LogP contribution in [-0.4, -0.2) is 41.2 Å². The first kappa shape index (κ1) is 21.3. The van der Waals surface area contributed by atoms with Gasteiger partial charge in [-0.3, -0.25) is 9.88 Å². The molecule has 1 aliphatic heterocycles. The summed E-state index contributed by atoms with van der Waals surface area (Å²) in [4.78, 5) is 8.24. The van der Waals surface area contributed by atoms with Gasteiger partial charge < -0.3 is 10.0 Å². The first-order chi connectivity index (χ1) is 14.9. The summed E-state index contributed by atoms with van der Waals surface area (Å²) in [7, 11) is 0. The highest BCUT2D eigenvalue weighted by Crippen LogP contribution is 2.34. The molecule has 2 heterocycles. The van der Waals surface area contributed by atoms with Gasteiger partial charge in [0, 0.05) is 56.1 Å². The minimum Gasteiger partial charge on any atom is -0.382 e. The van der Waals surface area contributed by atoms with Gasteiger partial charge in [-0.2, -0.15) is 0 Å². The zero-order valence-electron chi connectivity index (χ0n) is 17.2. The average molecular weight is 427 g/mol. The lowest BCUT2D eigenvalue weighted by Crippen LogP contribution is -2.46. The predicted molar refractivity (Wildman–Crippen MR) is 113 cm³/mol. The molecule has 0 bridgehead atoms. The van der Waals surface area contributed by atoms with E-state index >= 15 is 0 Å². The average Bonchev–Trinajstić information content (AvgIpc) is 2.76. The van der Waals surface area contributed by atoms with Crippen LogP contribution in [0, 0.1) is 24.4 Å². The minimum absolute atomic E-state index is 0.361. The van der Waals surface area contributed by atoms with Crippen LogP contribution in [0.1, 0.15) is 28.5 Å². The number of aromatic nitrogens is 1. The molecule has 1 aromatic heterocycles. The highest BCUT2D eigenvalue weighted by molar-refractivity contribution is 5.58. The predicted octanol–water partition coefficient (Wildman–Crippen LogP) is 4.21. The maximum atomic E-state index is 14.9. The van der Waals surface area contributed by atoms with Crippen molar-refractivity contribution in [3.8, 4) is 0 Å². The smallest absolute Gasteiger partial charge is 0.146 e. The molecule has 2 aromatic carbocycles. The Morgan fingerprint density at radius 2 is 1.74 bits per heavy atom. The SMILES string of the molecule is Cc1cccnc1[C@@H](O)c1cccc(F)c1N1CCN(Cc2ccc(F)cc2F)CC1. The number of aliphatic hydroxyl groups excluding tert-OH is 1. The van der Waals surface area contributed by atoms with E-state index < -0.39 is 23.6 Å². The molecular weight excluding hydrogens is 403 g/mol. The van der Waals surface area contributed by atoms with E-state index in [2.05, 4.69) is 4.98 Å². The number of aliphatic hydroxyl groups is 1. The number of rotatable bonds is 5. The second-order valence-corrected chi connectivity index (χ2v) is 7.78. The van der Waals surface area contributed by atoms with Gasteiger partial charge in [-0.15, -0.1) is 0 Å². The van der Waals surface area contributed by atoms with Gasteiger partial charge in [-0.25, -0.2) is 13.2 Å². The lowest BCUT2D eigenvalue weighted by atomic mass is 9.99. The van der Waals surface area contributed by atoms with Gasteiger partial charge in [0.15, 0.2) is 0 Å². The molecule has 0 amide bonds. The van der Waals surface area contributed by atoms with Crippen LogP contribution in [0.4, 0.5) is 18.9 Å². The molecule has 1 saturated heterocycles. The minimum atomic E-state index is -1.04. The molecule has 4 rings (SSSR count). The van der Waals surface area contributed by atoms with Crippen LogP contribution in [0.5, 0.6) is 0 Å². The van der Waals surface area contributed by atoms with Crippen molar-refractivity contribution in [1.82, 2.24) is 9.88 Å². The molecule has 31 heavy (non-hydrogen) atoms. The second-order valence-electron chi connectivity index (χ2n) is 7.78. The van der Waals surface area contributed by atoms with Crippen LogP contribution in [0.15, 0.2) is 54.7 Å². The Labute approximate surface area is 179 Å². The Hall–Kier alpha value is -2.90. The third-order valence-corrected chi connectivity index (χ3v) is 5.72. The fourth-order valence-corrected chi connectivity index (χ4v) is 4.04. The molecule has 1 atom stereocenters. The summed E-state index contributed by atoms with van der Waals surface area (Å²) >= 11 is 0. The van der Waals surface area contributed by atoms with Crippen LogP contribution in [0.2, 0.25) is 0 Å². The number of anilines is 1. The number of aryl methyl sites for hydroxylation is 1. The third kappa shape index (κ3) is 4.57. The van der Waals surface area contributed by atoms with Gasteiger partial charge in [-0.05, 0) is 30.7 Å². The third-order valence-electron chi connectivity index (χ3n) is 5.72. The van der Waals surface area contributed by atoms with Gasteiger partial charge in [0.25, 0.3) is 0 Å². The fraction of sp³-hybridized carbons (Fsp3) is 0.292. The summed E-state index contributed by atoms with van der Waals surface area (Å²) in [5, 5.41) is 11.0. The van der Waals surface area contributed by atoms with Crippen LogP contribution in [-0.2, 0) is 6.54 Å². The van der Waals surface area contributed by atoms with Crippen LogP contribution in [0.3, 0.4) is 0 Å². The summed E-state index contributed by atoms with van der Waals surface area (Å²) in [6, 6.07) is 11.9. The summed E-state index contributed by atoms with van der Waals surface area (Å²) < 4.78 is 42.0. The van der Waals surface area contributed by atoms with E-state index in [0.29, 0.717) is 55.2 Å². The zero-order chi connectivity index (χ0) is 22.0. The Balaban J connectivity index is 1.52. The highest BCUT2D eigenvalue weighted by Gasteiger charge is 2.26. The van der Waals surface area contributed by atoms with Crippen LogP contribution in [0.25, 0.3) is 0 Å². The number of piperazine rings is 1. The number of halogens is 3. The second kappa shape index (κ2) is 9.08. The summed E-state index contributed by atoms with van der Waals surface area (Å²) in [5.74, 6) is -1.56. The number of hydrogen-bond donors (Lipinski definition) is 1. The van der Waals surface area contributed by atoms with Crippen LogP contribution < -0.4 is 4.90 Å². The number of nitrogens with zero attached hydrogens (tertiary/aromatic N) is 3. The van der Waals surface area contributed by atoms with Crippen molar-refractivity contribution in [1.29, 1.82) is 0 Å².